The molecule has 0 radical (unpaired) electrons. The van der Waals surface area contributed by atoms with Crippen LogP contribution in [0.15, 0.2) is 53.9 Å². The minimum absolute atomic E-state index is 0.0972. The van der Waals surface area contributed by atoms with Gasteiger partial charge in [-0.15, -0.1) is 11.3 Å². The van der Waals surface area contributed by atoms with Gasteiger partial charge in [-0.3, -0.25) is 4.79 Å². The zero-order chi connectivity index (χ0) is 18.5. The number of carbonyl (C=O) groups excluding carboxylic acids is 1. The van der Waals surface area contributed by atoms with Crippen LogP contribution in [0.1, 0.15) is 36.7 Å². The number of benzene rings is 2. The van der Waals surface area contributed by atoms with Crippen LogP contribution in [0.3, 0.4) is 0 Å². The molecular formula is C21H21FN2OS. The molecule has 1 N–H and O–H groups in total. The van der Waals surface area contributed by atoms with Crippen LogP contribution in [0.4, 0.5) is 4.39 Å². The molecule has 0 saturated carbocycles. The molecule has 0 aliphatic rings. The first-order chi connectivity index (χ1) is 12.5. The van der Waals surface area contributed by atoms with Crippen molar-refractivity contribution in [2.24, 2.45) is 0 Å². The predicted octanol–water partition coefficient (Wildman–Crippen LogP) is 4.93. The smallest absolute Gasteiger partial charge is 0.226 e. The van der Waals surface area contributed by atoms with Crippen molar-refractivity contribution in [1.29, 1.82) is 0 Å². The second-order valence-corrected chi connectivity index (χ2v) is 7.07. The largest absolute Gasteiger partial charge is 0.349 e. The van der Waals surface area contributed by atoms with E-state index < -0.39 is 0 Å². The Morgan fingerprint density at radius 1 is 1.15 bits per heavy atom. The molecule has 0 fully saturated rings. The average molecular weight is 368 g/mol. The molecule has 1 amide bonds. The molecule has 1 aromatic heterocycles. The maximum absolute atomic E-state index is 13.0. The van der Waals surface area contributed by atoms with Crippen LogP contribution in [0.25, 0.3) is 10.6 Å². The van der Waals surface area contributed by atoms with Gasteiger partial charge in [0.15, 0.2) is 0 Å². The van der Waals surface area contributed by atoms with Gasteiger partial charge in [0.25, 0.3) is 0 Å². The van der Waals surface area contributed by atoms with Crippen LogP contribution in [0, 0.1) is 5.82 Å². The number of thiazole rings is 1. The van der Waals surface area contributed by atoms with Crippen LogP contribution in [0.2, 0.25) is 0 Å². The van der Waals surface area contributed by atoms with Crippen LogP contribution in [-0.2, 0) is 17.6 Å². The Balaban J connectivity index is 1.61. The van der Waals surface area contributed by atoms with E-state index in [1.165, 1.54) is 17.7 Å². The van der Waals surface area contributed by atoms with E-state index in [9.17, 15) is 9.18 Å². The Bertz CT molecular complexity index is 872. The topological polar surface area (TPSA) is 42.0 Å². The number of halogens is 1. The lowest BCUT2D eigenvalue weighted by molar-refractivity contribution is -0.121. The molecule has 3 aromatic rings. The van der Waals surface area contributed by atoms with Gasteiger partial charge in [0, 0.05) is 10.9 Å². The summed E-state index contributed by atoms with van der Waals surface area (Å²) in [7, 11) is 0. The maximum atomic E-state index is 13.0. The fourth-order valence-corrected chi connectivity index (χ4v) is 3.52. The van der Waals surface area contributed by atoms with Crippen molar-refractivity contribution >= 4 is 17.2 Å². The first-order valence-electron chi connectivity index (χ1n) is 8.63. The van der Waals surface area contributed by atoms with E-state index in [-0.39, 0.29) is 24.2 Å². The van der Waals surface area contributed by atoms with Crippen molar-refractivity contribution < 1.29 is 9.18 Å². The molecule has 1 unspecified atom stereocenters. The van der Waals surface area contributed by atoms with E-state index in [0.717, 1.165) is 28.2 Å². The minimum Gasteiger partial charge on any atom is -0.349 e. The van der Waals surface area contributed by atoms with Crippen LogP contribution in [-0.4, -0.2) is 10.9 Å². The Labute approximate surface area is 156 Å². The number of aryl methyl sites for hydroxylation is 1. The van der Waals surface area contributed by atoms with Gasteiger partial charge in [-0.25, -0.2) is 9.37 Å². The summed E-state index contributed by atoms with van der Waals surface area (Å²) < 4.78 is 13.0. The Morgan fingerprint density at radius 2 is 1.85 bits per heavy atom. The molecule has 1 atom stereocenters. The van der Waals surface area contributed by atoms with Crippen molar-refractivity contribution in [1.82, 2.24) is 10.3 Å². The molecule has 0 aliphatic carbocycles. The van der Waals surface area contributed by atoms with Crippen LogP contribution >= 0.6 is 11.3 Å². The van der Waals surface area contributed by atoms with E-state index in [2.05, 4.69) is 41.5 Å². The SMILES string of the molecule is CCc1ccc(-c2nc(CC(=O)NC(C)c3ccc(F)cc3)cs2)cc1. The first kappa shape index (κ1) is 18.3. The molecule has 0 bridgehead atoms. The lowest BCUT2D eigenvalue weighted by Crippen LogP contribution is -2.28. The highest BCUT2D eigenvalue weighted by molar-refractivity contribution is 7.13. The third kappa shape index (κ3) is 4.55. The van der Waals surface area contributed by atoms with E-state index in [0.29, 0.717) is 0 Å². The molecule has 26 heavy (non-hydrogen) atoms. The van der Waals surface area contributed by atoms with Gasteiger partial charge < -0.3 is 5.32 Å². The zero-order valence-corrected chi connectivity index (χ0v) is 15.6. The molecule has 1 heterocycles. The standard InChI is InChI=1S/C21H21FN2OS/c1-3-15-4-6-17(7-5-15)21-24-19(13-26-21)12-20(25)23-14(2)16-8-10-18(22)11-9-16/h4-11,13-14H,3,12H2,1-2H3,(H,23,25). The van der Waals surface area contributed by atoms with Crippen molar-refractivity contribution in [3.8, 4) is 10.6 Å². The summed E-state index contributed by atoms with van der Waals surface area (Å²) in [6.07, 6.45) is 1.24. The third-order valence-corrected chi connectivity index (χ3v) is 5.19. The lowest BCUT2D eigenvalue weighted by atomic mass is 10.1. The van der Waals surface area contributed by atoms with E-state index in [1.54, 1.807) is 23.5 Å². The quantitative estimate of drug-likeness (QED) is 0.670. The van der Waals surface area contributed by atoms with Crippen molar-refractivity contribution in [2.45, 2.75) is 32.7 Å². The molecule has 0 saturated heterocycles. The molecular weight excluding hydrogens is 347 g/mol. The summed E-state index contributed by atoms with van der Waals surface area (Å²) in [4.78, 5) is 16.8. The van der Waals surface area contributed by atoms with Gasteiger partial charge in [0.1, 0.15) is 10.8 Å². The number of nitrogens with zero attached hydrogens (tertiary/aromatic N) is 1. The minimum atomic E-state index is -0.283. The summed E-state index contributed by atoms with van der Waals surface area (Å²) in [6, 6.07) is 14.3. The summed E-state index contributed by atoms with van der Waals surface area (Å²) in [5, 5.41) is 5.77. The number of aromatic nitrogens is 1. The monoisotopic (exact) mass is 368 g/mol. The summed E-state index contributed by atoms with van der Waals surface area (Å²) >= 11 is 1.54. The highest BCUT2D eigenvalue weighted by Gasteiger charge is 2.13. The van der Waals surface area contributed by atoms with Gasteiger partial charge >= 0.3 is 0 Å². The summed E-state index contributed by atoms with van der Waals surface area (Å²) in [6.45, 7) is 4.01. The van der Waals surface area contributed by atoms with Crippen molar-refractivity contribution in [2.75, 3.05) is 0 Å². The molecule has 0 aliphatic heterocycles. The van der Waals surface area contributed by atoms with E-state index >= 15 is 0 Å². The molecule has 0 spiro atoms. The predicted molar refractivity (Wildman–Crippen MR) is 104 cm³/mol. The zero-order valence-electron chi connectivity index (χ0n) is 14.8. The van der Waals surface area contributed by atoms with Crippen molar-refractivity contribution in [3.05, 3.63) is 76.5 Å². The van der Waals surface area contributed by atoms with E-state index in [1.807, 2.05) is 12.3 Å². The van der Waals surface area contributed by atoms with Gasteiger partial charge in [-0.2, -0.15) is 0 Å². The molecule has 3 nitrogen and oxygen atoms in total. The number of nitrogens with one attached hydrogen (secondary N) is 1. The third-order valence-electron chi connectivity index (χ3n) is 4.25. The fourth-order valence-electron chi connectivity index (χ4n) is 2.70. The number of amides is 1. The highest BCUT2D eigenvalue weighted by Crippen LogP contribution is 2.24. The van der Waals surface area contributed by atoms with Crippen LogP contribution in [0.5, 0.6) is 0 Å². The van der Waals surface area contributed by atoms with Crippen molar-refractivity contribution in [3.63, 3.8) is 0 Å². The molecule has 134 valence electrons. The Morgan fingerprint density at radius 3 is 2.50 bits per heavy atom. The molecule has 5 heteroatoms. The van der Waals surface area contributed by atoms with Gasteiger partial charge in [0.2, 0.25) is 5.91 Å². The summed E-state index contributed by atoms with van der Waals surface area (Å²) in [5.41, 5.74) is 3.99. The maximum Gasteiger partial charge on any atom is 0.226 e. The Hall–Kier alpha value is -2.53. The molecule has 3 rings (SSSR count). The lowest BCUT2D eigenvalue weighted by Gasteiger charge is -2.13. The number of hydrogen-bond donors (Lipinski definition) is 1. The van der Waals surface area contributed by atoms with Crippen LogP contribution < -0.4 is 5.32 Å². The Kier molecular flexibility index (Phi) is 5.78. The fraction of sp³-hybridized carbons (Fsp3) is 0.238. The highest BCUT2D eigenvalue weighted by atomic mass is 32.1. The number of rotatable bonds is 6. The number of hydrogen-bond acceptors (Lipinski definition) is 3. The van der Waals surface area contributed by atoms with Gasteiger partial charge in [0.05, 0.1) is 18.2 Å². The second-order valence-electron chi connectivity index (χ2n) is 6.21. The van der Waals surface area contributed by atoms with Gasteiger partial charge in [-0.1, -0.05) is 43.3 Å². The molecule has 2 aromatic carbocycles. The summed E-state index contributed by atoms with van der Waals surface area (Å²) in [5.74, 6) is -0.380. The number of carbonyl (C=O) groups is 1. The average Bonchev–Trinajstić information content (AvgIpc) is 3.10. The normalized spacial score (nSPS) is 12.0. The van der Waals surface area contributed by atoms with E-state index in [4.69, 9.17) is 0 Å². The first-order valence-corrected chi connectivity index (χ1v) is 9.51. The second kappa shape index (κ2) is 8.23. The van der Waals surface area contributed by atoms with Gasteiger partial charge in [-0.05, 0) is 36.6 Å².